The molecular formula is C19H18N2O2. The maximum atomic E-state index is 12.7. The largest absolute Gasteiger partial charge is 0.349 e. The van der Waals surface area contributed by atoms with Crippen molar-refractivity contribution in [2.24, 2.45) is 0 Å². The third-order valence-corrected chi connectivity index (χ3v) is 3.93. The van der Waals surface area contributed by atoms with E-state index in [9.17, 15) is 9.59 Å². The number of rotatable bonds is 4. The second-order valence-corrected chi connectivity index (χ2v) is 5.41. The molecular weight excluding hydrogens is 288 g/mol. The van der Waals surface area contributed by atoms with Crippen molar-refractivity contribution in [3.05, 3.63) is 77.9 Å². The highest BCUT2D eigenvalue weighted by molar-refractivity contribution is 6.07. The van der Waals surface area contributed by atoms with Crippen LogP contribution in [0.3, 0.4) is 0 Å². The molecule has 0 spiro atoms. The molecule has 0 unspecified atom stereocenters. The van der Waals surface area contributed by atoms with Gasteiger partial charge in [0.1, 0.15) is 0 Å². The fourth-order valence-corrected chi connectivity index (χ4v) is 2.74. The molecule has 0 aromatic heterocycles. The predicted molar refractivity (Wildman–Crippen MR) is 90.8 cm³/mol. The summed E-state index contributed by atoms with van der Waals surface area (Å²) >= 11 is 0. The van der Waals surface area contributed by atoms with E-state index in [-0.39, 0.29) is 11.8 Å². The van der Waals surface area contributed by atoms with Crippen LogP contribution in [0.4, 0.5) is 5.69 Å². The highest BCUT2D eigenvalue weighted by Crippen LogP contribution is 2.28. The molecule has 4 heteroatoms. The van der Waals surface area contributed by atoms with E-state index in [0.717, 1.165) is 12.1 Å². The average Bonchev–Trinajstić information content (AvgIpc) is 3.03. The number of hydrogen-bond acceptors (Lipinski definition) is 2. The van der Waals surface area contributed by atoms with Gasteiger partial charge in [-0.05, 0) is 42.3 Å². The average molecular weight is 306 g/mol. The highest BCUT2D eigenvalue weighted by atomic mass is 16.2. The first-order valence-electron chi connectivity index (χ1n) is 7.59. The summed E-state index contributed by atoms with van der Waals surface area (Å²) in [5.41, 5.74) is 3.29. The van der Waals surface area contributed by atoms with Crippen molar-refractivity contribution < 1.29 is 9.59 Å². The van der Waals surface area contributed by atoms with E-state index in [2.05, 4.69) is 18.0 Å². The minimum absolute atomic E-state index is 0.0343. The molecule has 0 saturated heterocycles. The molecule has 0 radical (unpaired) electrons. The van der Waals surface area contributed by atoms with E-state index in [1.54, 1.807) is 35.2 Å². The molecule has 1 aliphatic rings. The van der Waals surface area contributed by atoms with E-state index >= 15 is 0 Å². The van der Waals surface area contributed by atoms with Crippen LogP contribution in [0.2, 0.25) is 0 Å². The van der Waals surface area contributed by atoms with Crippen molar-refractivity contribution in [3.8, 4) is 0 Å². The van der Waals surface area contributed by atoms with Crippen LogP contribution >= 0.6 is 0 Å². The van der Waals surface area contributed by atoms with Crippen LogP contribution in [0.5, 0.6) is 0 Å². The Labute approximate surface area is 135 Å². The number of anilines is 1. The van der Waals surface area contributed by atoms with Crippen molar-refractivity contribution in [1.29, 1.82) is 0 Å². The van der Waals surface area contributed by atoms with Gasteiger partial charge in [-0.1, -0.05) is 24.3 Å². The number of carbonyl (C=O) groups is 2. The van der Waals surface area contributed by atoms with Crippen molar-refractivity contribution in [1.82, 2.24) is 5.32 Å². The first-order valence-corrected chi connectivity index (χ1v) is 7.59. The summed E-state index contributed by atoms with van der Waals surface area (Å²) in [5.74, 6) is -0.205. The lowest BCUT2D eigenvalue weighted by molar-refractivity contribution is 0.0954. The van der Waals surface area contributed by atoms with Crippen molar-refractivity contribution in [2.45, 2.75) is 6.42 Å². The van der Waals surface area contributed by atoms with Gasteiger partial charge in [0, 0.05) is 29.9 Å². The summed E-state index contributed by atoms with van der Waals surface area (Å²) in [5, 5.41) is 2.71. The van der Waals surface area contributed by atoms with Crippen LogP contribution in [-0.4, -0.2) is 24.9 Å². The van der Waals surface area contributed by atoms with E-state index in [1.807, 2.05) is 18.2 Å². The quantitative estimate of drug-likeness (QED) is 0.883. The second kappa shape index (κ2) is 6.48. The molecule has 2 amide bonds. The minimum atomic E-state index is -0.171. The van der Waals surface area contributed by atoms with Crippen LogP contribution in [0, 0.1) is 0 Å². The summed E-state index contributed by atoms with van der Waals surface area (Å²) in [6.07, 6.45) is 2.50. The number of benzene rings is 2. The SMILES string of the molecule is C=CCNC(=O)c1ccc(C(=O)N2CCc3ccccc32)cc1. The Kier molecular flexibility index (Phi) is 4.24. The van der Waals surface area contributed by atoms with Crippen LogP contribution < -0.4 is 10.2 Å². The zero-order valence-corrected chi connectivity index (χ0v) is 12.8. The maximum absolute atomic E-state index is 12.7. The third-order valence-electron chi connectivity index (χ3n) is 3.93. The molecule has 0 bridgehead atoms. The Morgan fingerprint density at radius 2 is 1.78 bits per heavy atom. The Hall–Kier alpha value is -2.88. The molecule has 4 nitrogen and oxygen atoms in total. The Bertz CT molecular complexity index is 750. The Balaban J connectivity index is 1.76. The maximum Gasteiger partial charge on any atom is 0.258 e. The first kappa shape index (κ1) is 15.0. The molecule has 0 saturated carbocycles. The molecule has 1 N–H and O–H groups in total. The first-order chi connectivity index (χ1) is 11.2. The lowest BCUT2D eigenvalue weighted by Gasteiger charge is -2.17. The fourth-order valence-electron chi connectivity index (χ4n) is 2.74. The highest BCUT2D eigenvalue weighted by Gasteiger charge is 2.25. The molecule has 2 aromatic rings. The van der Waals surface area contributed by atoms with Crippen molar-refractivity contribution in [3.63, 3.8) is 0 Å². The molecule has 0 fully saturated rings. The summed E-state index contributed by atoms with van der Waals surface area (Å²) < 4.78 is 0. The molecule has 1 aliphatic heterocycles. The lowest BCUT2D eigenvalue weighted by Crippen LogP contribution is -2.29. The van der Waals surface area contributed by atoms with Crippen LogP contribution in [0.25, 0.3) is 0 Å². The van der Waals surface area contributed by atoms with E-state index in [1.165, 1.54) is 5.56 Å². The second-order valence-electron chi connectivity index (χ2n) is 5.41. The van der Waals surface area contributed by atoms with Crippen LogP contribution in [0.15, 0.2) is 61.2 Å². The van der Waals surface area contributed by atoms with Gasteiger partial charge in [-0.3, -0.25) is 9.59 Å². The van der Waals surface area contributed by atoms with Gasteiger partial charge in [0.15, 0.2) is 0 Å². The van der Waals surface area contributed by atoms with Gasteiger partial charge >= 0.3 is 0 Å². The Morgan fingerprint density at radius 3 is 2.52 bits per heavy atom. The molecule has 1 heterocycles. The van der Waals surface area contributed by atoms with E-state index < -0.39 is 0 Å². The van der Waals surface area contributed by atoms with Gasteiger partial charge in [-0.15, -0.1) is 6.58 Å². The standard InChI is InChI=1S/C19H18N2O2/c1-2-12-20-18(22)15-7-9-16(10-8-15)19(23)21-13-11-14-5-3-4-6-17(14)21/h2-10H,1,11-13H2,(H,20,22). The molecule has 23 heavy (non-hydrogen) atoms. The van der Waals surface area contributed by atoms with Crippen molar-refractivity contribution in [2.75, 3.05) is 18.0 Å². The molecule has 3 rings (SSSR count). The number of nitrogens with zero attached hydrogens (tertiary/aromatic N) is 1. The number of fused-ring (bicyclic) bond motifs is 1. The van der Waals surface area contributed by atoms with Gasteiger partial charge < -0.3 is 10.2 Å². The van der Waals surface area contributed by atoms with Crippen LogP contribution in [0.1, 0.15) is 26.3 Å². The summed E-state index contributed by atoms with van der Waals surface area (Å²) in [7, 11) is 0. The van der Waals surface area contributed by atoms with Gasteiger partial charge in [-0.2, -0.15) is 0 Å². The molecule has 2 aromatic carbocycles. The zero-order valence-electron chi connectivity index (χ0n) is 12.8. The number of hydrogen-bond donors (Lipinski definition) is 1. The molecule has 0 aliphatic carbocycles. The van der Waals surface area contributed by atoms with Gasteiger partial charge in [0.2, 0.25) is 0 Å². The number of nitrogens with one attached hydrogen (secondary N) is 1. The lowest BCUT2D eigenvalue weighted by atomic mass is 10.1. The molecule has 116 valence electrons. The van der Waals surface area contributed by atoms with Crippen molar-refractivity contribution >= 4 is 17.5 Å². The molecule has 0 atom stereocenters. The third kappa shape index (κ3) is 3.01. The zero-order chi connectivity index (χ0) is 16.2. The fraction of sp³-hybridized carbons (Fsp3) is 0.158. The number of carbonyl (C=O) groups excluding carboxylic acids is 2. The normalized spacial score (nSPS) is 12.6. The smallest absolute Gasteiger partial charge is 0.258 e. The Morgan fingerprint density at radius 1 is 1.09 bits per heavy atom. The summed E-state index contributed by atoms with van der Waals surface area (Å²) in [4.78, 5) is 26.3. The summed E-state index contributed by atoms with van der Waals surface area (Å²) in [6, 6.07) is 14.7. The van der Waals surface area contributed by atoms with Gasteiger partial charge in [-0.25, -0.2) is 0 Å². The number of para-hydroxylation sites is 1. The number of amides is 2. The summed E-state index contributed by atoms with van der Waals surface area (Å²) in [6.45, 7) is 4.68. The van der Waals surface area contributed by atoms with Crippen LogP contribution in [-0.2, 0) is 6.42 Å². The van der Waals surface area contributed by atoms with Gasteiger partial charge in [0.05, 0.1) is 0 Å². The minimum Gasteiger partial charge on any atom is -0.349 e. The van der Waals surface area contributed by atoms with E-state index in [0.29, 0.717) is 24.2 Å². The predicted octanol–water partition coefficient (Wildman–Crippen LogP) is 2.81. The monoisotopic (exact) mass is 306 g/mol. The van der Waals surface area contributed by atoms with E-state index in [4.69, 9.17) is 0 Å². The topological polar surface area (TPSA) is 49.4 Å². The van der Waals surface area contributed by atoms with Gasteiger partial charge in [0.25, 0.3) is 11.8 Å².